The summed E-state index contributed by atoms with van der Waals surface area (Å²) in [7, 11) is 0. The third-order valence-corrected chi connectivity index (χ3v) is 5.64. The van der Waals surface area contributed by atoms with Crippen molar-refractivity contribution >= 4 is 11.5 Å². The van der Waals surface area contributed by atoms with Crippen LogP contribution in [0.5, 0.6) is 0 Å². The highest BCUT2D eigenvalue weighted by Crippen LogP contribution is 2.14. The Hall–Kier alpha value is -3.63. The summed E-state index contributed by atoms with van der Waals surface area (Å²) in [6.07, 6.45) is 6.22. The first-order valence-corrected chi connectivity index (χ1v) is 12.1. The Morgan fingerprint density at radius 2 is 2.24 bits per heavy atom. The van der Waals surface area contributed by atoms with Crippen molar-refractivity contribution in [1.82, 2.24) is 15.1 Å². The lowest BCUT2D eigenvalue weighted by Gasteiger charge is -2.24. The molecule has 2 unspecified atom stereocenters. The van der Waals surface area contributed by atoms with Crippen LogP contribution >= 0.6 is 0 Å². The van der Waals surface area contributed by atoms with Crippen molar-refractivity contribution in [2.24, 2.45) is 4.99 Å². The van der Waals surface area contributed by atoms with Crippen molar-refractivity contribution in [1.29, 1.82) is 0 Å². The first-order chi connectivity index (χ1) is 18.0. The van der Waals surface area contributed by atoms with Gasteiger partial charge >= 0.3 is 0 Å². The van der Waals surface area contributed by atoms with Crippen LogP contribution < -0.4 is 10.7 Å². The fourth-order valence-corrected chi connectivity index (χ4v) is 3.78. The van der Waals surface area contributed by atoms with Crippen LogP contribution in [0.4, 0.5) is 8.78 Å². The van der Waals surface area contributed by atoms with E-state index in [0.717, 1.165) is 11.1 Å². The number of halogens is 2. The second-order valence-corrected chi connectivity index (χ2v) is 8.57. The number of alkyl halides is 2. The highest BCUT2D eigenvalue weighted by atomic mass is 19.1. The molecule has 2 aliphatic heterocycles. The maximum absolute atomic E-state index is 13.3. The van der Waals surface area contributed by atoms with E-state index in [2.05, 4.69) is 15.4 Å². The molecule has 10 heteroatoms. The van der Waals surface area contributed by atoms with Crippen molar-refractivity contribution in [3.63, 3.8) is 0 Å². The van der Waals surface area contributed by atoms with E-state index < -0.39 is 12.8 Å². The van der Waals surface area contributed by atoms with Crippen molar-refractivity contribution in [3.8, 4) is 0 Å². The van der Waals surface area contributed by atoms with Crippen molar-refractivity contribution in [2.75, 3.05) is 39.6 Å². The minimum atomic E-state index is -1.20. The lowest BCUT2D eigenvalue weighted by molar-refractivity contribution is -0.108. The Bertz CT molecular complexity index is 1250. The Balaban J connectivity index is 1.42. The number of aromatic nitrogens is 2. The minimum absolute atomic E-state index is 0.0836. The van der Waals surface area contributed by atoms with Gasteiger partial charge in [0.25, 0.3) is 0 Å². The third-order valence-electron chi connectivity index (χ3n) is 5.64. The van der Waals surface area contributed by atoms with Gasteiger partial charge in [-0.3, -0.25) is 9.79 Å². The number of rotatable bonds is 10. The maximum Gasteiger partial charge on any atom is 0.203 e. The van der Waals surface area contributed by atoms with E-state index in [9.17, 15) is 13.6 Å². The molecule has 1 saturated heterocycles. The number of nitrogens with zero attached hydrogens (tertiary/aromatic N) is 3. The molecule has 0 amide bonds. The molecule has 2 aliphatic rings. The number of amidine groups is 1. The van der Waals surface area contributed by atoms with E-state index >= 15 is 0 Å². The quantitative estimate of drug-likeness (QED) is 0.492. The van der Waals surface area contributed by atoms with Crippen LogP contribution in [-0.4, -0.2) is 67.5 Å². The second kappa shape index (κ2) is 13.1. The van der Waals surface area contributed by atoms with E-state index in [-0.39, 0.29) is 23.6 Å². The smallest absolute Gasteiger partial charge is 0.203 e. The van der Waals surface area contributed by atoms with Crippen molar-refractivity contribution in [2.45, 2.75) is 25.6 Å². The molecule has 1 N–H and O–H groups in total. The van der Waals surface area contributed by atoms with Gasteiger partial charge in [-0.2, -0.15) is 5.10 Å². The number of hydrogen-bond donors (Lipinski definition) is 1. The summed E-state index contributed by atoms with van der Waals surface area (Å²) in [6, 6.07) is 9.00. The van der Waals surface area contributed by atoms with Gasteiger partial charge < -0.3 is 19.5 Å². The van der Waals surface area contributed by atoms with Crippen LogP contribution in [0.1, 0.15) is 23.7 Å². The number of benzene rings is 1. The summed E-state index contributed by atoms with van der Waals surface area (Å²) in [5.41, 5.74) is 2.10. The normalized spacial score (nSPS) is 19.2. The van der Waals surface area contributed by atoms with E-state index in [4.69, 9.17) is 14.2 Å². The summed E-state index contributed by atoms with van der Waals surface area (Å²) in [5, 5.41) is 7.55. The maximum atomic E-state index is 13.3. The van der Waals surface area contributed by atoms with E-state index in [1.54, 1.807) is 6.20 Å². The molecule has 1 aromatic heterocycles. The average molecular weight is 513 g/mol. The molecule has 1 fully saturated rings. The lowest BCUT2D eigenvalue weighted by Crippen LogP contribution is -2.33. The topological polar surface area (TPSA) is 87.0 Å². The van der Waals surface area contributed by atoms with Gasteiger partial charge in [0.1, 0.15) is 49.4 Å². The summed E-state index contributed by atoms with van der Waals surface area (Å²) in [6.45, 7) is 3.12. The molecule has 3 heterocycles. The van der Waals surface area contributed by atoms with Crippen LogP contribution in [0.25, 0.3) is 5.70 Å². The van der Waals surface area contributed by atoms with Crippen LogP contribution in [-0.2, 0) is 20.6 Å². The molecule has 2 atom stereocenters. The molecule has 4 rings (SSSR count). The molecule has 0 saturated carbocycles. The first kappa shape index (κ1) is 26.4. The molecule has 0 radical (unpaired) electrons. The van der Waals surface area contributed by atoms with Crippen LogP contribution in [0.2, 0.25) is 0 Å². The molecule has 0 aliphatic carbocycles. The standard InChI is InChI=1S/C27H30F2N4O4/c1-19(29)5-6-22(7-9-28)33-10-8-26(34)25(32-33)14-20-3-2-4-21(13-20)27-30-15-23(16-31-27)37-18-24-17-35-11-12-36-24/h2-8,10,13,15,19,24H,9,11-12,14,16-18H2,1H3,(H,30,31). The SMILES string of the molecule is CC(F)C=CC(=CCF)n1ccc(=O)c(Cc2cccc(C3=NCC(OCC4COCCO4)=CN3)c2)n1. The van der Waals surface area contributed by atoms with Crippen LogP contribution in [0.3, 0.4) is 0 Å². The molecule has 2 aromatic rings. The fourth-order valence-electron chi connectivity index (χ4n) is 3.78. The Kier molecular flexibility index (Phi) is 9.34. The van der Waals surface area contributed by atoms with Gasteiger partial charge in [0.15, 0.2) is 0 Å². The summed E-state index contributed by atoms with van der Waals surface area (Å²) in [5.74, 6) is 1.39. The minimum Gasteiger partial charge on any atom is -0.492 e. The molecule has 0 spiro atoms. The predicted octanol–water partition coefficient (Wildman–Crippen LogP) is 3.18. The largest absolute Gasteiger partial charge is 0.492 e. The number of aliphatic imine (C=N–C) groups is 1. The number of allylic oxidation sites excluding steroid dienone is 4. The van der Waals surface area contributed by atoms with Gasteiger partial charge in [0, 0.05) is 30.4 Å². The molecular weight excluding hydrogens is 482 g/mol. The second-order valence-electron chi connectivity index (χ2n) is 8.57. The lowest BCUT2D eigenvalue weighted by atomic mass is 10.1. The van der Waals surface area contributed by atoms with Gasteiger partial charge in [-0.25, -0.2) is 13.5 Å². The summed E-state index contributed by atoms with van der Waals surface area (Å²) in [4.78, 5) is 17.1. The highest BCUT2D eigenvalue weighted by molar-refractivity contribution is 6.00. The zero-order valence-electron chi connectivity index (χ0n) is 20.6. The van der Waals surface area contributed by atoms with E-state index in [1.165, 1.54) is 42.1 Å². The summed E-state index contributed by atoms with van der Waals surface area (Å²) < 4.78 is 44.4. The molecule has 1 aromatic carbocycles. The molecule has 37 heavy (non-hydrogen) atoms. The third kappa shape index (κ3) is 7.68. The molecular formula is C27H30F2N4O4. The van der Waals surface area contributed by atoms with Gasteiger partial charge in [-0.15, -0.1) is 0 Å². The van der Waals surface area contributed by atoms with Gasteiger partial charge in [0.2, 0.25) is 5.43 Å². The van der Waals surface area contributed by atoms with E-state index in [1.807, 2.05) is 24.3 Å². The van der Waals surface area contributed by atoms with Gasteiger partial charge in [0.05, 0.1) is 25.5 Å². The zero-order chi connectivity index (χ0) is 26.0. The average Bonchev–Trinajstić information content (AvgIpc) is 2.92. The van der Waals surface area contributed by atoms with Crippen molar-refractivity contribution in [3.05, 3.63) is 93.8 Å². The van der Waals surface area contributed by atoms with Gasteiger partial charge in [-0.1, -0.05) is 18.2 Å². The van der Waals surface area contributed by atoms with Gasteiger partial charge in [-0.05, 0) is 36.8 Å². The summed E-state index contributed by atoms with van der Waals surface area (Å²) >= 11 is 0. The monoisotopic (exact) mass is 512 g/mol. The molecule has 8 nitrogen and oxygen atoms in total. The highest BCUT2D eigenvalue weighted by Gasteiger charge is 2.17. The first-order valence-electron chi connectivity index (χ1n) is 12.1. The molecule has 196 valence electrons. The number of ether oxygens (including phenoxy) is 3. The molecule has 0 bridgehead atoms. The fraction of sp³-hybridized carbons (Fsp3) is 0.370. The Morgan fingerprint density at radius 3 is 2.97 bits per heavy atom. The van der Waals surface area contributed by atoms with E-state index in [0.29, 0.717) is 50.3 Å². The Morgan fingerprint density at radius 1 is 1.35 bits per heavy atom. The Labute approximate surface area is 214 Å². The predicted molar refractivity (Wildman–Crippen MR) is 137 cm³/mol. The van der Waals surface area contributed by atoms with Crippen molar-refractivity contribution < 1.29 is 23.0 Å². The number of nitrogens with one attached hydrogen (secondary N) is 1. The van der Waals surface area contributed by atoms with Crippen LogP contribution in [0.15, 0.2) is 76.5 Å². The number of hydrogen-bond acceptors (Lipinski definition) is 7. The zero-order valence-corrected chi connectivity index (χ0v) is 20.6. The van der Waals surface area contributed by atoms with Crippen LogP contribution in [0, 0.1) is 0 Å².